The Hall–Kier alpha value is -3.24. The molecule has 2 aromatic heterocycles. The molecular formula is C28H39N5O6. The van der Waals surface area contributed by atoms with Gasteiger partial charge < -0.3 is 19.2 Å². The number of esters is 1. The van der Waals surface area contributed by atoms with Crippen molar-refractivity contribution in [3.63, 3.8) is 0 Å². The zero-order valence-corrected chi connectivity index (χ0v) is 23.2. The monoisotopic (exact) mass is 541 g/mol. The highest BCUT2D eigenvalue weighted by molar-refractivity contribution is 5.87. The van der Waals surface area contributed by atoms with Crippen LogP contribution in [0.25, 0.3) is 5.65 Å². The highest BCUT2D eigenvalue weighted by Gasteiger charge is 2.49. The molecular weight excluding hydrogens is 502 g/mol. The van der Waals surface area contributed by atoms with Crippen LogP contribution in [0.15, 0.2) is 17.1 Å². The van der Waals surface area contributed by atoms with Gasteiger partial charge in [-0.1, -0.05) is 40.5 Å². The molecule has 1 saturated carbocycles. The lowest BCUT2D eigenvalue weighted by atomic mass is 9.77. The highest BCUT2D eigenvalue weighted by atomic mass is 16.5. The first-order chi connectivity index (χ1) is 18.6. The third kappa shape index (κ3) is 5.45. The van der Waals surface area contributed by atoms with E-state index in [2.05, 4.69) is 10.1 Å². The van der Waals surface area contributed by atoms with Crippen molar-refractivity contribution >= 4 is 23.8 Å². The van der Waals surface area contributed by atoms with Gasteiger partial charge in [0.2, 0.25) is 5.91 Å². The molecule has 1 amide bonds. The van der Waals surface area contributed by atoms with Gasteiger partial charge in [0.1, 0.15) is 18.5 Å². The second-order valence-corrected chi connectivity index (χ2v) is 12.3. The number of ether oxygens (including phenoxy) is 2. The standard InChI is InChI=1S/C28H39N5O6/c1-5-18-20(16-34)32-15-22(18)39-26-30-23-10-11-29-33(23)27(37)31(26)12-8-6-7-9-17-13-21(17)38-24(35)14-19(25(32)36)28(2,3)4/h10-11,16-22H,5-9,12-15H2,1-4H3/t17-,18+,19-,20-,21-,22+/m1/s1. The van der Waals surface area contributed by atoms with Gasteiger partial charge in [0.05, 0.1) is 31.1 Å². The molecule has 0 aromatic carbocycles. The van der Waals surface area contributed by atoms with Crippen LogP contribution >= 0.6 is 0 Å². The topological polar surface area (TPSA) is 125 Å². The zero-order valence-electron chi connectivity index (χ0n) is 23.2. The largest absolute Gasteiger partial charge is 0.462 e. The maximum atomic E-state index is 14.0. The van der Waals surface area contributed by atoms with Crippen LogP contribution in [-0.2, 0) is 25.7 Å². The van der Waals surface area contributed by atoms with Crippen LogP contribution in [0, 0.1) is 23.2 Å². The van der Waals surface area contributed by atoms with Crippen molar-refractivity contribution in [3.8, 4) is 6.01 Å². The summed E-state index contributed by atoms with van der Waals surface area (Å²) in [6.07, 6.45) is 6.64. The number of aromatic nitrogens is 4. The van der Waals surface area contributed by atoms with E-state index in [1.54, 1.807) is 11.0 Å². The fraction of sp³-hybridized carbons (Fsp3) is 0.714. The van der Waals surface area contributed by atoms with Crippen LogP contribution in [0.1, 0.15) is 72.6 Å². The van der Waals surface area contributed by atoms with E-state index in [0.717, 1.165) is 38.4 Å². The van der Waals surface area contributed by atoms with Gasteiger partial charge in [0.15, 0.2) is 5.65 Å². The van der Waals surface area contributed by atoms with E-state index >= 15 is 0 Å². The summed E-state index contributed by atoms with van der Waals surface area (Å²) in [7, 11) is 0. The minimum Gasteiger partial charge on any atom is -0.462 e. The summed E-state index contributed by atoms with van der Waals surface area (Å²) in [4.78, 5) is 58.7. The van der Waals surface area contributed by atoms with E-state index in [1.165, 1.54) is 15.3 Å². The summed E-state index contributed by atoms with van der Waals surface area (Å²) in [6.45, 7) is 8.30. The predicted octanol–water partition coefficient (Wildman–Crippen LogP) is 2.63. The van der Waals surface area contributed by atoms with Crippen molar-refractivity contribution in [2.24, 2.45) is 23.2 Å². The molecule has 11 nitrogen and oxygen atoms in total. The van der Waals surface area contributed by atoms with Gasteiger partial charge in [0.25, 0.3) is 0 Å². The van der Waals surface area contributed by atoms with Crippen molar-refractivity contribution < 1.29 is 23.9 Å². The van der Waals surface area contributed by atoms with Crippen molar-refractivity contribution in [3.05, 3.63) is 22.7 Å². The molecule has 0 spiro atoms. The van der Waals surface area contributed by atoms with Crippen LogP contribution < -0.4 is 10.4 Å². The number of carbonyl (C=O) groups is 3. The van der Waals surface area contributed by atoms with Crippen LogP contribution in [0.4, 0.5) is 0 Å². The molecule has 2 fully saturated rings. The third-order valence-electron chi connectivity index (χ3n) is 8.59. The minimum atomic E-state index is -0.706. The van der Waals surface area contributed by atoms with Crippen molar-refractivity contribution in [1.82, 2.24) is 24.1 Å². The van der Waals surface area contributed by atoms with E-state index in [4.69, 9.17) is 9.47 Å². The fourth-order valence-electron chi connectivity index (χ4n) is 6.11. The SMILES string of the molecule is CC[C@@H]1[C@@H]2CN(C(=O)[C@H](C(C)(C)C)CC(=O)O[C@@H]3C[C@H]3CCCCCn3c(nc4ccnn4c3=O)O2)[C@@H]1C=O. The Morgan fingerprint density at radius 3 is 2.62 bits per heavy atom. The maximum Gasteiger partial charge on any atom is 0.354 e. The van der Waals surface area contributed by atoms with E-state index in [9.17, 15) is 19.2 Å². The third-order valence-corrected chi connectivity index (χ3v) is 8.59. The summed E-state index contributed by atoms with van der Waals surface area (Å²) in [6, 6.07) is 1.11. The molecule has 5 rings (SSSR count). The molecule has 0 N–H and O–H groups in total. The minimum absolute atomic E-state index is 0.0328. The van der Waals surface area contributed by atoms with Gasteiger partial charge in [-0.05, 0) is 37.0 Å². The lowest BCUT2D eigenvalue weighted by molar-refractivity contribution is -0.153. The Bertz CT molecular complexity index is 1300. The Balaban J connectivity index is 1.52. The maximum absolute atomic E-state index is 14.0. The lowest BCUT2D eigenvalue weighted by Gasteiger charge is -2.34. The molecule has 39 heavy (non-hydrogen) atoms. The zero-order chi connectivity index (χ0) is 27.9. The Morgan fingerprint density at radius 2 is 1.90 bits per heavy atom. The summed E-state index contributed by atoms with van der Waals surface area (Å²) in [5, 5.41) is 4.12. The quantitative estimate of drug-likeness (QED) is 0.420. The number of amides is 1. The molecule has 0 radical (unpaired) electrons. The Kier molecular flexibility index (Phi) is 7.52. The average molecular weight is 542 g/mol. The molecule has 212 valence electrons. The Labute approximate surface area is 227 Å². The number of hydrogen-bond acceptors (Lipinski definition) is 8. The summed E-state index contributed by atoms with van der Waals surface area (Å²) >= 11 is 0. The predicted molar refractivity (Wildman–Crippen MR) is 141 cm³/mol. The summed E-state index contributed by atoms with van der Waals surface area (Å²) in [5.41, 5.74) is -0.476. The van der Waals surface area contributed by atoms with Crippen LogP contribution in [-0.4, -0.2) is 67.0 Å². The first-order valence-corrected chi connectivity index (χ1v) is 14.2. The van der Waals surface area contributed by atoms with Gasteiger partial charge in [0, 0.05) is 18.5 Å². The lowest BCUT2D eigenvalue weighted by Crippen LogP contribution is -2.46. The van der Waals surface area contributed by atoms with E-state index in [0.29, 0.717) is 24.5 Å². The molecule has 3 aliphatic rings. The average Bonchev–Trinajstić information content (AvgIpc) is 3.27. The molecule has 11 heteroatoms. The van der Waals surface area contributed by atoms with Crippen molar-refractivity contribution in [2.75, 3.05) is 6.54 Å². The summed E-state index contributed by atoms with van der Waals surface area (Å²) in [5.74, 6) is -1.23. The molecule has 2 aliphatic heterocycles. The van der Waals surface area contributed by atoms with Gasteiger partial charge in [-0.15, -0.1) is 0 Å². The van der Waals surface area contributed by atoms with E-state index in [-0.39, 0.29) is 48.6 Å². The van der Waals surface area contributed by atoms with Crippen LogP contribution in [0.2, 0.25) is 0 Å². The Morgan fingerprint density at radius 1 is 1.10 bits per heavy atom. The number of nitrogens with zero attached hydrogens (tertiary/aromatic N) is 5. The molecule has 2 bridgehead atoms. The number of aldehydes is 1. The van der Waals surface area contributed by atoms with Gasteiger partial charge in [-0.2, -0.15) is 14.6 Å². The number of rotatable bonds is 2. The van der Waals surface area contributed by atoms with Crippen LogP contribution in [0.5, 0.6) is 6.01 Å². The van der Waals surface area contributed by atoms with Gasteiger partial charge in [-0.3, -0.25) is 9.59 Å². The molecule has 1 saturated heterocycles. The molecule has 1 aliphatic carbocycles. The second-order valence-electron chi connectivity index (χ2n) is 12.3. The van der Waals surface area contributed by atoms with Crippen molar-refractivity contribution in [1.29, 1.82) is 0 Å². The van der Waals surface area contributed by atoms with Gasteiger partial charge >= 0.3 is 17.7 Å². The van der Waals surface area contributed by atoms with Crippen molar-refractivity contribution in [2.45, 2.75) is 97.4 Å². The highest BCUT2D eigenvalue weighted by Crippen LogP contribution is 2.40. The first-order valence-electron chi connectivity index (χ1n) is 14.2. The van der Waals surface area contributed by atoms with E-state index in [1.807, 2.05) is 27.7 Å². The fourth-order valence-corrected chi connectivity index (χ4v) is 6.11. The smallest absolute Gasteiger partial charge is 0.354 e. The molecule has 2 aromatic rings. The van der Waals surface area contributed by atoms with E-state index < -0.39 is 23.5 Å². The number of carbonyl (C=O) groups excluding carboxylic acids is 3. The van der Waals surface area contributed by atoms with Crippen LogP contribution in [0.3, 0.4) is 0 Å². The normalized spacial score (nSPS) is 30.5. The summed E-state index contributed by atoms with van der Waals surface area (Å²) < 4.78 is 14.9. The second kappa shape index (κ2) is 10.7. The molecule has 0 unspecified atom stereocenters. The molecule has 6 atom stereocenters. The number of hydrogen-bond donors (Lipinski definition) is 0. The molecule has 4 heterocycles. The van der Waals surface area contributed by atoms with Gasteiger partial charge in [-0.25, -0.2) is 9.36 Å². The number of fused-ring (bicyclic) bond motifs is 5. The first kappa shape index (κ1) is 27.3.